The fraction of sp³-hybridized carbons (Fsp3) is 0.538. The van der Waals surface area contributed by atoms with Crippen molar-refractivity contribution in [1.29, 1.82) is 5.26 Å². The molecule has 1 saturated heterocycles. The summed E-state index contributed by atoms with van der Waals surface area (Å²) >= 11 is 0. The van der Waals surface area contributed by atoms with Crippen molar-refractivity contribution in [2.75, 3.05) is 24.7 Å². The molecule has 0 aromatic carbocycles. The van der Waals surface area contributed by atoms with Crippen LogP contribution in [-0.2, 0) is 4.74 Å². The van der Waals surface area contributed by atoms with Gasteiger partial charge in [-0.15, -0.1) is 0 Å². The van der Waals surface area contributed by atoms with E-state index in [0.29, 0.717) is 18.8 Å². The molecule has 2 heterocycles. The lowest BCUT2D eigenvalue weighted by Gasteiger charge is -2.43. The lowest BCUT2D eigenvalue weighted by Crippen LogP contribution is -2.53. The highest BCUT2D eigenvalue weighted by molar-refractivity contribution is 5.48. The summed E-state index contributed by atoms with van der Waals surface area (Å²) in [5.41, 5.74) is 1.46. The highest BCUT2D eigenvalue weighted by Crippen LogP contribution is 2.26. The summed E-state index contributed by atoms with van der Waals surface area (Å²) in [6.07, 6.45) is 0. The Morgan fingerprint density at radius 2 is 2.24 bits per heavy atom. The molecule has 1 fully saturated rings. The van der Waals surface area contributed by atoms with Crippen LogP contribution >= 0.6 is 0 Å². The molecule has 4 heteroatoms. The maximum Gasteiger partial charge on any atom is 0.130 e. The van der Waals surface area contributed by atoms with E-state index < -0.39 is 0 Å². The molecule has 2 rings (SSSR count). The van der Waals surface area contributed by atoms with Gasteiger partial charge in [0, 0.05) is 12.2 Å². The minimum Gasteiger partial charge on any atom is -0.377 e. The first kappa shape index (κ1) is 11.9. The van der Waals surface area contributed by atoms with Crippen molar-refractivity contribution < 1.29 is 4.74 Å². The number of rotatable bonds is 1. The Morgan fingerprint density at radius 1 is 1.47 bits per heavy atom. The molecular formula is C13H17N3O. The third-order valence-corrected chi connectivity index (χ3v) is 2.99. The topological polar surface area (TPSA) is 49.2 Å². The minimum absolute atomic E-state index is 0.0776. The average molecular weight is 231 g/mol. The van der Waals surface area contributed by atoms with Gasteiger partial charge in [0.25, 0.3) is 0 Å². The van der Waals surface area contributed by atoms with Crippen molar-refractivity contribution in [3.8, 4) is 6.07 Å². The van der Waals surface area contributed by atoms with Gasteiger partial charge >= 0.3 is 0 Å². The fourth-order valence-electron chi connectivity index (χ4n) is 2.14. The zero-order valence-electron chi connectivity index (χ0n) is 10.5. The summed E-state index contributed by atoms with van der Waals surface area (Å²) in [7, 11) is 0. The van der Waals surface area contributed by atoms with Crippen LogP contribution in [0.2, 0.25) is 0 Å². The van der Waals surface area contributed by atoms with E-state index in [1.807, 2.05) is 13.0 Å². The second-order valence-corrected chi connectivity index (χ2v) is 4.98. The van der Waals surface area contributed by atoms with Crippen molar-refractivity contribution in [2.45, 2.75) is 26.3 Å². The monoisotopic (exact) mass is 231 g/mol. The highest BCUT2D eigenvalue weighted by atomic mass is 16.5. The quantitative estimate of drug-likeness (QED) is 0.740. The van der Waals surface area contributed by atoms with E-state index in [-0.39, 0.29) is 5.54 Å². The molecule has 0 saturated carbocycles. The zero-order valence-corrected chi connectivity index (χ0v) is 10.5. The number of nitrogens with zero attached hydrogens (tertiary/aromatic N) is 3. The Labute approximate surface area is 102 Å². The van der Waals surface area contributed by atoms with Crippen molar-refractivity contribution in [3.63, 3.8) is 0 Å². The normalized spacial score (nSPS) is 18.8. The van der Waals surface area contributed by atoms with Crippen LogP contribution in [0, 0.1) is 18.3 Å². The molecule has 0 radical (unpaired) electrons. The number of aromatic nitrogens is 1. The number of anilines is 1. The van der Waals surface area contributed by atoms with Gasteiger partial charge in [0.2, 0.25) is 0 Å². The van der Waals surface area contributed by atoms with Gasteiger partial charge in [-0.25, -0.2) is 4.98 Å². The molecule has 0 bridgehead atoms. The van der Waals surface area contributed by atoms with E-state index in [4.69, 9.17) is 10.00 Å². The molecule has 90 valence electrons. The van der Waals surface area contributed by atoms with E-state index in [1.54, 1.807) is 6.07 Å². The van der Waals surface area contributed by atoms with E-state index in [0.717, 1.165) is 18.1 Å². The molecular weight excluding hydrogens is 214 g/mol. The molecule has 0 atom stereocenters. The fourth-order valence-corrected chi connectivity index (χ4v) is 2.14. The van der Waals surface area contributed by atoms with Crippen molar-refractivity contribution in [3.05, 3.63) is 23.4 Å². The van der Waals surface area contributed by atoms with Gasteiger partial charge in [0.05, 0.1) is 30.4 Å². The van der Waals surface area contributed by atoms with Gasteiger partial charge in [0.1, 0.15) is 5.82 Å². The van der Waals surface area contributed by atoms with Gasteiger partial charge in [-0.1, -0.05) is 0 Å². The van der Waals surface area contributed by atoms with Gasteiger partial charge in [-0.05, 0) is 32.9 Å². The van der Waals surface area contributed by atoms with Crippen molar-refractivity contribution >= 4 is 5.82 Å². The lowest BCUT2D eigenvalue weighted by atomic mass is 10.0. The Bertz CT molecular complexity index is 462. The van der Waals surface area contributed by atoms with Crippen LogP contribution in [0.5, 0.6) is 0 Å². The third kappa shape index (κ3) is 2.40. The number of ether oxygens (including phenoxy) is 1. The Balaban J connectivity index is 2.39. The van der Waals surface area contributed by atoms with E-state index in [2.05, 4.69) is 29.8 Å². The van der Waals surface area contributed by atoms with Crippen molar-refractivity contribution in [2.24, 2.45) is 0 Å². The number of morpholine rings is 1. The minimum atomic E-state index is -0.0776. The second kappa shape index (κ2) is 4.34. The smallest absolute Gasteiger partial charge is 0.130 e. The SMILES string of the molecule is Cc1cc(C#N)cc(N2CCOCC2(C)C)n1. The molecule has 0 aliphatic carbocycles. The Hall–Kier alpha value is -1.60. The molecule has 1 aromatic rings. The molecule has 0 amide bonds. The van der Waals surface area contributed by atoms with E-state index >= 15 is 0 Å². The standard InChI is InChI=1S/C13H17N3O/c1-10-6-11(8-14)7-12(15-10)16-4-5-17-9-13(16,2)3/h6-7H,4-5,9H2,1-3H3. The lowest BCUT2D eigenvalue weighted by molar-refractivity contribution is 0.0639. The Morgan fingerprint density at radius 3 is 2.88 bits per heavy atom. The van der Waals surface area contributed by atoms with Crippen LogP contribution in [-0.4, -0.2) is 30.3 Å². The Kier molecular flexibility index (Phi) is 3.03. The van der Waals surface area contributed by atoms with Crippen LogP contribution < -0.4 is 4.90 Å². The van der Waals surface area contributed by atoms with Crippen LogP contribution in [0.4, 0.5) is 5.82 Å². The third-order valence-electron chi connectivity index (χ3n) is 2.99. The zero-order chi connectivity index (χ0) is 12.5. The van der Waals surface area contributed by atoms with Crippen LogP contribution in [0.25, 0.3) is 0 Å². The summed E-state index contributed by atoms with van der Waals surface area (Å²) in [5, 5.41) is 8.99. The first-order valence-corrected chi connectivity index (χ1v) is 5.77. The van der Waals surface area contributed by atoms with E-state index in [1.165, 1.54) is 0 Å². The van der Waals surface area contributed by atoms with Crippen LogP contribution in [0.3, 0.4) is 0 Å². The number of hydrogen-bond donors (Lipinski definition) is 0. The molecule has 17 heavy (non-hydrogen) atoms. The number of pyridine rings is 1. The largest absolute Gasteiger partial charge is 0.377 e. The second-order valence-electron chi connectivity index (χ2n) is 4.98. The molecule has 0 spiro atoms. The van der Waals surface area contributed by atoms with Gasteiger partial charge < -0.3 is 9.64 Å². The molecule has 1 aliphatic rings. The number of aryl methyl sites for hydroxylation is 1. The predicted molar refractivity (Wildman–Crippen MR) is 65.9 cm³/mol. The first-order valence-electron chi connectivity index (χ1n) is 5.77. The highest BCUT2D eigenvalue weighted by Gasteiger charge is 2.31. The summed E-state index contributed by atoms with van der Waals surface area (Å²) in [4.78, 5) is 6.73. The summed E-state index contributed by atoms with van der Waals surface area (Å²) < 4.78 is 5.49. The van der Waals surface area contributed by atoms with E-state index in [9.17, 15) is 0 Å². The van der Waals surface area contributed by atoms with Crippen LogP contribution in [0.1, 0.15) is 25.1 Å². The average Bonchev–Trinajstić information content (AvgIpc) is 2.27. The maximum absolute atomic E-state index is 8.99. The molecule has 1 aliphatic heterocycles. The van der Waals surface area contributed by atoms with Gasteiger partial charge in [-0.2, -0.15) is 5.26 Å². The number of nitriles is 1. The van der Waals surface area contributed by atoms with Crippen molar-refractivity contribution in [1.82, 2.24) is 4.98 Å². The molecule has 1 aromatic heterocycles. The molecule has 0 unspecified atom stereocenters. The molecule has 4 nitrogen and oxygen atoms in total. The molecule has 0 N–H and O–H groups in total. The number of hydrogen-bond acceptors (Lipinski definition) is 4. The van der Waals surface area contributed by atoms with Crippen LogP contribution in [0.15, 0.2) is 12.1 Å². The first-order chi connectivity index (χ1) is 8.03. The predicted octanol–water partition coefficient (Wildman–Crippen LogP) is 1.88. The summed E-state index contributed by atoms with van der Waals surface area (Å²) in [6.45, 7) is 8.38. The maximum atomic E-state index is 8.99. The van der Waals surface area contributed by atoms with Gasteiger partial charge in [0.15, 0.2) is 0 Å². The van der Waals surface area contributed by atoms with Gasteiger partial charge in [-0.3, -0.25) is 0 Å². The summed E-state index contributed by atoms with van der Waals surface area (Å²) in [5.74, 6) is 0.870. The summed E-state index contributed by atoms with van der Waals surface area (Å²) in [6, 6.07) is 5.83.